The number of thiazole rings is 1. The lowest BCUT2D eigenvalue weighted by molar-refractivity contribution is -0.133. The van der Waals surface area contributed by atoms with Crippen LogP contribution in [0.1, 0.15) is 40.4 Å². The molecule has 11 heteroatoms. The zero-order valence-corrected chi connectivity index (χ0v) is 21.7. The Morgan fingerprint density at radius 1 is 1.05 bits per heavy atom. The van der Waals surface area contributed by atoms with Crippen molar-refractivity contribution in [1.29, 1.82) is 0 Å². The third-order valence-electron chi connectivity index (χ3n) is 6.30. The molecular weight excluding hydrogens is 506 g/mol. The van der Waals surface area contributed by atoms with Gasteiger partial charge in [0, 0.05) is 54.2 Å². The van der Waals surface area contributed by atoms with E-state index < -0.39 is 6.10 Å². The first-order valence-electron chi connectivity index (χ1n) is 12.4. The lowest BCUT2D eigenvalue weighted by atomic mass is 10.1. The molecule has 3 heterocycles. The Morgan fingerprint density at radius 2 is 1.84 bits per heavy atom. The summed E-state index contributed by atoms with van der Waals surface area (Å²) < 4.78 is 17.7. The lowest BCUT2D eigenvalue weighted by Crippen LogP contribution is -2.33. The molecule has 1 saturated heterocycles. The second-order valence-electron chi connectivity index (χ2n) is 9.33. The summed E-state index contributed by atoms with van der Waals surface area (Å²) in [7, 11) is 0. The molecule has 0 bridgehead atoms. The van der Waals surface area contributed by atoms with Crippen LogP contribution in [0.2, 0.25) is 0 Å². The van der Waals surface area contributed by atoms with Gasteiger partial charge >= 0.3 is 0 Å². The number of ether oxygens (including phenoxy) is 2. The number of rotatable bonds is 8. The Labute approximate surface area is 222 Å². The van der Waals surface area contributed by atoms with Gasteiger partial charge in [-0.15, -0.1) is 21.5 Å². The van der Waals surface area contributed by atoms with Gasteiger partial charge in [0.15, 0.2) is 11.2 Å². The standard InChI is InChI=1S/C27H25N5O5S/c1-15-14-28-27(38-15)29-24(33)18-11-21(36-20-7-3-17(4-8-20)25-31-30-16(2)35-25)13-22(12-18)37-23-9-10-32(26(23)34)19-5-6-19/h3-4,7-8,11-14,19,23H,5-6,9-10H2,1-2H3,(H,28,29,33). The molecular formula is C27H25N5O5S. The Morgan fingerprint density at radius 3 is 2.53 bits per heavy atom. The van der Waals surface area contributed by atoms with Crippen LogP contribution in [0.3, 0.4) is 0 Å². The molecule has 1 unspecified atom stereocenters. The fraction of sp³-hybridized carbons (Fsp3) is 0.296. The molecule has 10 nitrogen and oxygen atoms in total. The lowest BCUT2D eigenvalue weighted by Gasteiger charge is -2.17. The van der Waals surface area contributed by atoms with Gasteiger partial charge in [-0.05, 0) is 56.2 Å². The second-order valence-corrected chi connectivity index (χ2v) is 10.6. The zero-order valence-electron chi connectivity index (χ0n) is 20.8. The molecule has 4 aromatic rings. The molecule has 2 aromatic heterocycles. The number of likely N-dealkylation sites (tertiary alicyclic amines) is 1. The first-order chi connectivity index (χ1) is 18.4. The number of hydrogen-bond donors (Lipinski definition) is 1. The van der Waals surface area contributed by atoms with Crippen molar-refractivity contribution in [1.82, 2.24) is 20.1 Å². The summed E-state index contributed by atoms with van der Waals surface area (Å²) in [6, 6.07) is 12.4. The maximum absolute atomic E-state index is 13.1. The van der Waals surface area contributed by atoms with Crippen LogP contribution in [0.4, 0.5) is 5.13 Å². The Hall–Kier alpha value is -4.25. The number of aryl methyl sites for hydroxylation is 2. The van der Waals surface area contributed by atoms with E-state index in [2.05, 4.69) is 20.5 Å². The molecule has 2 aliphatic rings. The predicted molar refractivity (Wildman–Crippen MR) is 140 cm³/mol. The Balaban J connectivity index is 1.24. The molecule has 2 aromatic carbocycles. The third kappa shape index (κ3) is 5.23. The number of hydrogen-bond acceptors (Lipinski definition) is 9. The maximum atomic E-state index is 13.1. The Kier molecular flexibility index (Phi) is 6.28. The SMILES string of the molecule is Cc1nnc(-c2ccc(Oc3cc(OC4CCN(C5CC5)C4=O)cc(C(=O)Nc4ncc(C)s4)c3)cc2)o1. The number of aromatic nitrogens is 3. The molecule has 1 N–H and O–H groups in total. The van der Waals surface area contributed by atoms with Crippen molar-refractivity contribution < 1.29 is 23.5 Å². The van der Waals surface area contributed by atoms with Gasteiger partial charge in [-0.25, -0.2) is 4.98 Å². The minimum Gasteiger partial charge on any atom is -0.480 e. The molecule has 0 radical (unpaired) electrons. The molecule has 2 fully saturated rings. The summed E-state index contributed by atoms with van der Waals surface area (Å²) >= 11 is 1.39. The summed E-state index contributed by atoms with van der Waals surface area (Å²) in [5.41, 5.74) is 1.08. The number of carbonyl (C=O) groups excluding carboxylic acids is 2. The molecule has 6 rings (SSSR count). The summed E-state index contributed by atoms with van der Waals surface area (Å²) in [4.78, 5) is 33.0. The maximum Gasteiger partial charge on any atom is 0.263 e. The highest BCUT2D eigenvalue weighted by molar-refractivity contribution is 7.15. The molecule has 1 aliphatic heterocycles. The Bertz CT molecular complexity index is 1490. The van der Waals surface area contributed by atoms with Crippen molar-refractivity contribution in [3.8, 4) is 28.7 Å². The summed E-state index contributed by atoms with van der Waals surface area (Å²) in [6.45, 7) is 4.34. The van der Waals surface area contributed by atoms with Crippen LogP contribution in [0.15, 0.2) is 53.1 Å². The van der Waals surface area contributed by atoms with E-state index in [4.69, 9.17) is 13.9 Å². The second kappa shape index (κ2) is 9.90. The van der Waals surface area contributed by atoms with E-state index in [1.54, 1.807) is 43.5 Å². The van der Waals surface area contributed by atoms with E-state index in [1.807, 2.05) is 24.0 Å². The van der Waals surface area contributed by atoms with Gasteiger partial charge in [0.2, 0.25) is 11.8 Å². The molecule has 1 aliphatic carbocycles. The smallest absolute Gasteiger partial charge is 0.263 e. The molecule has 1 atom stereocenters. The van der Waals surface area contributed by atoms with E-state index in [-0.39, 0.29) is 11.8 Å². The highest BCUT2D eigenvalue weighted by atomic mass is 32.1. The highest BCUT2D eigenvalue weighted by Crippen LogP contribution is 2.34. The number of nitrogens with one attached hydrogen (secondary N) is 1. The van der Waals surface area contributed by atoms with Crippen LogP contribution in [0.25, 0.3) is 11.5 Å². The number of anilines is 1. The van der Waals surface area contributed by atoms with Crippen molar-refractivity contribution in [2.75, 3.05) is 11.9 Å². The first kappa shape index (κ1) is 24.1. The molecule has 1 saturated carbocycles. The molecule has 194 valence electrons. The van der Waals surface area contributed by atoms with Crippen LogP contribution in [0, 0.1) is 13.8 Å². The van der Waals surface area contributed by atoms with Gasteiger partial charge in [0.05, 0.1) is 0 Å². The van der Waals surface area contributed by atoms with Crippen LogP contribution in [-0.2, 0) is 4.79 Å². The predicted octanol–water partition coefficient (Wildman–Crippen LogP) is 5.00. The summed E-state index contributed by atoms with van der Waals surface area (Å²) in [6.07, 6.45) is 3.82. The average Bonchev–Trinajstić information content (AvgIpc) is 3.35. The topological polar surface area (TPSA) is 120 Å². The highest BCUT2D eigenvalue weighted by Gasteiger charge is 2.41. The van der Waals surface area contributed by atoms with Crippen LogP contribution in [-0.4, -0.2) is 50.6 Å². The average molecular weight is 532 g/mol. The minimum atomic E-state index is -0.583. The fourth-order valence-electron chi connectivity index (χ4n) is 4.32. The summed E-state index contributed by atoms with van der Waals surface area (Å²) in [5, 5.41) is 11.2. The number of carbonyl (C=O) groups is 2. The van der Waals surface area contributed by atoms with Gasteiger partial charge < -0.3 is 18.8 Å². The van der Waals surface area contributed by atoms with Gasteiger partial charge in [-0.2, -0.15) is 0 Å². The summed E-state index contributed by atoms with van der Waals surface area (Å²) in [5.74, 6) is 1.87. The molecule has 0 spiro atoms. The van der Waals surface area contributed by atoms with Crippen molar-refractivity contribution in [3.63, 3.8) is 0 Å². The van der Waals surface area contributed by atoms with Crippen molar-refractivity contribution in [3.05, 3.63) is 65.0 Å². The molecule has 38 heavy (non-hydrogen) atoms. The van der Waals surface area contributed by atoms with E-state index in [9.17, 15) is 9.59 Å². The van der Waals surface area contributed by atoms with Crippen molar-refractivity contribution in [2.45, 2.75) is 45.3 Å². The van der Waals surface area contributed by atoms with Gasteiger partial charge in [0.1, 0.15) is 17.2 Å². The van der Waals surface area contributed by atoms with E-state index in [1.165, 1.54) is 11.3 Å². The van der Waals surface area contributed by atoms with Crippen molar-refractivity contribution in [2.24, 2.45) is 0 Å². The number of nitrogens with zero attached hydrogens (tertiary/aromatic N) is 4. The van der Waals surface area contributed by atoms with E-state index in [0.29, 0.717) is 58.7 Å². The monoisotopic (exact) mass is 531 g/mol. The quantitative estimate of drug-likeness (QED) is 0.337. The van der Waals surface area contributed by atoms with Gasteiger partial charge in [-0.3, -0.25) is 14.9 Å². The molecule has 2 amide bonds. The van der Waals surface area contributed by atoms with Gasteiger partial charge in [0.25, 0.3) is 11.8 Å². The fourth-order valence-corrected chi connectivity index (χ4v) is 4.98. The number of amides is 2. The van der Waals surface area contributed by atoms with Crippen LogP contribution >= 0.6 is 11.3 Å². The first-order valence-corrected chi connectivity index (χ1v) is 13.2. The van der Waals surface area contributed by atoms with Gasteiger partial charge in [-0.1, -0.05) is 0 Å². The van der Waals surface area contributed by atoms with E-state index >= 15 is 0 Å². The third-order valence-corrected chi connectivity index (χ3v) is 7.13. The zero-order chi connectivity index (χ0) is 26.2. The number of benzene rings is 2. The van der Waals surface area contributed by atoms with Crippen LogP contribution < -0.4 is 14.8 Å². The largest absolute Gasteiger partial charge is 0.480 e. The van der Waals surface area contributed by atoms with Crippen LogP contribution in [0.5, 0.6) is 17.2 Å². The normalized spacial score (nSPS) is 17.1. The minimum absolute atomic E-state index is 0.00469. The van der Waals surface area contributed by atoms with E-state index in [0.717, 1.165) is 23.3 Å². The van der Waals surface area contributed by atoms with Crippen molar-refractivity contribution >= 4 is 28.3 Å².